The second kappa shape index (κ2) is 7.67. The Morgan fingerprint density at radius 2 is 1.89 bits per heavy atom. The van der Waals surface area contributed by atoms with E-state index in [0.29, 0.717) is 18.8 Å². The molecule has 1 fully saturated rings. The van der Waals surface area contributed by atoms with E-state index >= 15 is 0 Å². The van der Waals surface area contributed by atoms with Crippen molar-refractivity contribution in [3.05, 3.63) is 71.3 Å². The van der Waals surface area contributed by atoms with Gasteiger partial charge in [-0.1, -0.05) is 6.07 Å². The molecule has 1 aromatic heterocycles. The smallest absolute Gasteiger partial charge is 0.295 e. The minimum Gasteiger partial charge on any atom is -0.507 e. The molecule has 0 unspecified atom stereocenters. The molecule has 0 radical (unpaired) electrons. The lowest BCUT2D eigenvalue weighted by Gasteiger charge is -2.25. The summed E-state index contributed by atoms with van der Waals surface area (Å²) < 4.78 is 13.2. The number of aliphatic hydroxyl groups excluding tert-OH is 1. The van der Waals surface area contributed by atoms with Crippen molar-refractivity contribution in [3.8, 4) is 0 Å². The third-order valence-electron chi connectivity index (χ3n) is 4.41. The van der Waals surface area contributed by atoms with Gasteiger partial charge in [-0.3, -0.25) is 14.6 Å². The van der Waals surface area contributed by atoms with Crippen molar-refractivity contribution in [2.75, 3.05) is 27.2 Å². The van der Waals surface area contributed by atoms with Gasteiger partial charge < -0.3 is 14.9 Å². The fourth-order valence-electron chi connectivity index (χ4n) is 3.03. The second-order valence-electron chi connectivity index (χ2n) is 6.56. The molecule has 0 spiro atoms. The summed E-state index contributed by atoms with van der Waals surface area (Å²) in [5, 5.41) is 10.7. The third kappa shape index (κ3) is 3.73. The number of rotatable bonds is 5. The van der Waals surface area contributed by atoms with E-state index in [4.69, 9.17) is 0 Å². The largest absolute Gasteiger partial charge is 0.507 e. The van der Waals surface area contributed by atoms with Gasteiger partial charge in [-0.05, 0) is 50.5 Å². The van der Waals surface area contributed by atoms with E-state index in [9.17, 15) is 19.1 Å². The SMILES string of the molecule is CN(C)CCN1C(=O)C(=O)C(=C(O)c2ccc(F)cc2)[C@H]1c1ccccn1. The van der Waals surface area contributed by atoms with Crippen LogP contribution in [0.5, 0.6) is 0 Å². The van der Waals surface area contributed by atoms with Gasteiger partial charge in [-0.25, -0.2) is 4.39 Å². The minimum atomic E-state index is -0.795. The molecule has 3 rings (SSSR count). The number of aliphatic hydroxyl groups is 1. The number of likely N-dealkylation sites (tertiary alicyclic amines) is 1. The number of hydrogen-bond acceptors (Lipinski definition) is 5. The topological polar surface area (TPSA) is 73.7 Å². The first-order valence-electron chi connectivity index (χ1n) is 8.50. The summed E-state index contributed by atoms with van der Waals surface area (Å²) in [4.78, 5) is 32.9. The average molecular weight is 369 g/mol. The standard InChI is InChI=1S/C20H20FN3O3/c1-23(2)11-12-24-17(15-5-3-4-10-22-15)16(19(26)20(24)27)18(25)13-6-8-14(21)9-7-13/h3-10,17,25H,11-12H2,1-2H3/t17-/m1/s1. The highest BCUT2D eigenvalue weighted by atomic mass is 19.1. The zero-order chi connectivity index (χ0) is 19.6. The highest BCUT2D eigenvalue weighted by Gasteiger charge is 2.46. The van der Waals surface area contributed by atoms with Gasteiger partial charge in [0.05, 0.1) is 11.3 Å². The van der Waals surface area contributed by atoms with Gasteiger partial charge >= 0.3 is 0 Å². The lowest BCUT2D eigenvalue weighted by Crippen LogP contribution is -2.35. The molecule has 0 aliphatic carbocycles. The van der Waals surface area contributed by atoms with Crippen LogP contribution in [0.2, 0.25) is 0 Å². The molecule has 0 saturated carbocycles. The van der Waals surface area contributed by atoms with Crippen molar-refractivity contribution in [1.29, 1.82) is 0 Å². The molecular formula is C20H20FN3O3. The first-order valence-corrected chi connectivity index (χ1v) is 8.50. The number of Topliss-reactive ketones (excluding diaryl/α,β-unsaturated/α-hetero) is 1. The van der Waals surface area contributed by atoms with E-state index in [-0.39, 0.29) is 16.9 Å². The molecule has 1 aliphatic heterocycles. The molecule has 1 saturated heterocycles. The van der Waals surface area contributed by atoms with Crippen molar-refractivity contribution >= 4 is 17.4 Å². The minimum absolute atomic E-state index is 0.0379. The lowest BCUT2D eigenvalue weighted by molar-refractivity contribution is -0.140. The fraction of sp³-hybridized carbons (Fsp3) is 0.250. The van der Waals surface area contributed by atoms with Crippen LogP contribution in [0.4, 0.5) is 4.39 Å². The first kappa shape index (κ1) is 18.7. The van der Waals surface area contributed by atoms with E-state index in [1.54, 1.807) is 24.4 Å². The summed E-state index contributed by atoms with van der Waals surface area (Å²) in [7, 11) is 3.73. The average Bonchev–Trinajstić information content (AvgIpc) is 2.91. The fourth-order valence-corrected chi connectivity index (χ4v) is 3.03. The predicted octanol–water partition coefficient (Wildman–Crippen LogP) is 2.20. The van der Waals surface area contributed by atoms with Crippen molar-refractivity contribution < 1.29 is 19.1 Å². The van der Waals surface area contributed by atoms with Crippen LogP contribution in [0.25, 0.3) is 5.76 Å². The maximum atomic E-state index is 13.2. The Morgan fingerprint density at radius 3 is 2.48 bits per heavy atom. The maximum absolute atomic E-state index is 13.2. The monoisotopic (exact) mass is 369 g/mol. The van der Waals surface area contributed by atoms with Crippen LogP contribution < -0.4 is 0 Å². The van der Waals surface area contributed by atoms with Crippen LogP contribution >= 0.6 is 0 Å². The highest BCUT2D eigenvalue weighted by molar-refractivity contribution is 6.46. The molecular weight excluding hydrogens is 349 g/mol. The molecule has 1 aliphatic rings. The predicted molar refractivity (Wildman–Crippen MR) is 98.2 cm³/mol. The van der Waals surface area contributed by atoms with Crippen molar-refractivity contribution in [1.82, 2.24) is 14.8 Å². The van der Waals surface area contributed by atoms with Gasteiger partial charge in [-0.2, -0.15) is 0 Å². The number of amides is 1. The Balaban J connectivity index is 2.12. The molecule has 1 atom stereocenters. The van der Waals surface area contributed by atoms with Crippen LogP contribution in [0.15, 0.2) is 54.2 Å². The summed E-state index contributed by atoms with van der Waals surface area (Å²) in [5.41, 5.74) is 0.714. The molecule has 0 bridgehead atoms. The summed E-state index contributed by atoms with van der Waals surface area (Å²) in [6.45, 7) is 0.853. The molecule has 27 heavy (non-hydrogen) atoms. The van der Waals surface area contributed by atoms with Crippen LogP contribution in [-0.2, 0) is 9.59 Å². The Morgan fingerprint density at radius 1 is 1.19 bits per heavy atom. The van der Waals surface area contributed by atoms with Crippen molar-refractivity contribution in [3.63, 3.8) is 0 Å². The zero-order valence-corrected chi connectivity index (χ0v) is 15.1. The first-order chi connectivity index (χ1) is 12.9. The number of benzene rings is 1. The van der Waals surface area contributed by atoms with Crippen LogP contribution in [0.1, 0.15) is 17.3 Å². The molecule has 7 heteroatoms. The third-order valence-corrected chi connectivity index (χ3v) is 4.41. The number of pyridine rings is 1. The number of carbonyl (C=O) groups excluding carboxylic acids is 2. The van der Waals surface area contributed by atoms with Gasteiger partial charge in [0.15, 0.2) is 0 Å². The summed E-state index contributed by atoms with van der Waals surface area (Å²) in [5.74, 6) is -2.25. The van der Waals surface area contributed by atoms with E-state index in [0.717, 1.165) is 0 Å². The molecule has 1 N–H and O–H groups in total. The van der Waals surface area contributed by atoms with E-state index in [1.165, 1.54) is 29.2 Å². The number of carbonyl (C=O) groups is 2. The van der Waals surface area contributed by atoms with E-state index < -0.39 is 23.5 Å². The Bertz CT molecular complexity index is 879. The molecule has 6 nitrogen and oxygen atoms in total. The molecule has 2 heterocycles. The van der Waals surface area contributed by atoms with Gasteiger partial charge in [0.25, 0.3) is 11.7 Å². The number of aromatic nitrogens is 1. The maximum Gasteiger partial charge on any atom is 0.295 e. The summed E-state index contributed by atoms with van der Waals surface area (Å²) >= 11 is 0. The zero-order valence-electron chi connectivity index (χ0n) is 15.1. The molecule has 1 aromatic carbocycles. The number of likely N-dealkylation sites (N-methyl/N-ethyl adjacent to an activating group) is 1. The quantitative estimate of drug-likeness (QED) is 0.497. The number of nitrogens with zero attached hydrogens (tertiary/aromatic N) is 3. The second-order valence-corrected chi connectivity index (χ2v) is 6.56. The Hall–Kier alpha value is -3.06. The Labute approximate surface area is 156 Å². The van der Waals surface area contributed by atoms with Crippen LogP contribution in [0, 0.1) is 5.82 Å². The molecule has 2 aromatic rings. The van der Waals surface area contributed by atoms with Crippen molar-refractivity contribution in [2.24, 2.45) is 0 Å². The molecule has 1 amide bonds. The highest BCUT2D eigenvalue weighted by Crippen LogP contribution is 2.38. The number of hydrogen-bond donors (Lipinski definition) is 1. The van der Waals surface area contributed by atoms with Crippen molar-refractivity contribution in [2.45, 2.75) is 6.04 Å². The Kier molecular flexibility index (Phi) is 5.32. The van der Waals surface area contributed by atoms with E-state index in [2.05, 4.69) is 4.98 Å². The van der Waals surface area contributed by atoms with Gasteiger partial charge in [-0.15, -0.1) is 0 Å². The van der Waals surface area contributed by atoms with Crippen LogP contribution in [0.3, 0.4) is 0 Å². The van der Waals surface area contributed by atoms with Gasteiger partial charge in [0.1, 0.15) is 17.6 Å². The summed E-state index contributed by atoms with van der Waals surface area (Å²) in [6.07, 6.45) is 1.57. The van der Waals surface area contributed by atoms with Crippen LogP contribution in [-0.4, -0.2) is 58.8 Å². The van der Waals surface area contributed by atoms with Gasteiger partial charge in [0, 0.05) is 24.8 Å². The van der Waals surface area contributed by atoms with Gasteiger partial charge in [0.2, 0.25) is 0 Å². The lowest BCUT2D eigenvalue weighted by atomic mass is 9.98. The normalized spacial score (nSPS) is 19.1. The number of halogens is 1. The molecule has 140 valence electrons. The number of ketones is 1. The summed E-state index contributed by atoms with van der Waals surface area (Å²) in [6, 6.07) is 9.51. The van der Waals surface area contributed by atoms with E-state index in [1.807, 2.05) is 19.0 Å².